The molecule has 0 unspecified atom stereocenters. The van der Waals surface area contributed by atoms with Crippen molar-refractivity contribution in [3.05, 3.63) is 52.8 Å². The Morgan fingerprint density at radius 2 is 2.19 bits per heavy atom. The van der Waals surface area contributed by atoms with E-state index < -0.39 is 0 Å². The number of rotatable bonds is 5. The number of carbonyl (C=O) groups is 1. The highest BCUT2D eigenvalue weighted by Gasteiger charge is 2.24. The summed E-state index contributed by atoms with van der Waals surface area (Å²) in [4.78, 5) is 16.5. The smallest absolute Gasteiger partial charge is 0.269 e. The number of halogens is 1. The molecular weight excluding hydrogens is 358 g/mol. The standard InChI is InChI=1S/C17H16ClN5O3/c18-11-5-3-10(4-6-11)12-8-13(22-21-12)16(24)19-9-15-20-17(26-23-15)14-2-1-7-25-14/h3-6,8,14H,1-2,7,9H2,(H,19,24)(H,21,22)/t14-/m1/s1. The number of carbonyl (C=O) groups excluding carboxylic acids is 1. The lowest BCUT2D eigenvalue weighted by atomic mass is 10.1. The molecule has 1 aliphatic rings. The fourth-order valence-corrected chi connectivity index (χ4v) is 2.83. The van der Waals surface area contributed by atoms with Gasteiger partial charge < -0.3 is 14.6 Å². The van der Waals surface area contributed by atoms with E-state index in [9.17, 15) is 4.79 Å². The van der Waals surface area contributed by atoms with Crippen molar-refractivity contribution < 1.29 is 14.1 Å². The maximum Gasteiger partial charge on any atom is 0.269 e. The van der Waals surface area contributed by atoms with E-state index in [-0.39, 0.29) is 18.6 Å². The van der Waals surface area contributed by atoms with Gasteiger partial charge in [-0.3, -0.25) is 9.89 Å². The Morgan fingerprint density at radius 1 is 1.35 bits per heavy atom. The summed E-state index contributed by atoms with van der Waals surface area (Å²) in [6.45, 7) is 0.860. The van der Waals surface area contributed by atoms with Crippen LogP contribution in [0.25, 0.3) is 11.3 Å². The van der Waals surface area contributed by atoms with E-state index in [1.807, 2.05) is 12.1 Å². The Kier molecular flexibility index (Phi) is 4.68. The predicted molar refractivity (Wildman–Crippen MR) is 92.4 cm³/mol. The van der Waals surface area contributed by atoms with Crippen LogP contribution in [0.2, 0.25) is 5.02 Å². The average molecular weight is 374 g/mol. The quantitative estimate of drug-likeness (QED) is 0.712. The first kappa shape index (κ1) is 16.7. The molecule has 0 aliphatic carbocycles. The van der Waals surface area contributed by atoms with E-state index in [0.29, 0.717) is 34.7 Å². The summed E-state index contributed by atoms with van der Waals surface area (Å²) in [6.07, 6.45) is 1.71. The minimum Gasteiger partial charge on any atom is -0.368 e. The molecule has 26 heavy (non-hydrogen) atoms. The van der Waals surface area contributed by atoms with Crippen LogP contribution in [0.5, 0.6) is 0 Å². The molecule has 1 aliphatic heterocycles. The second-order valence-electron chi connectivity index (χ2n) is 5.91. The average Bonchev–Trinajstić information content (AvgIpc) is 3.41. The number of hydrogen-bond donors (Lipinski definition) is 2. The minimum atomic E-state index is -0.304. The third-order valence-electron chi connectivity index (χ3n) is 4.06. The zero-order valence-corrected chi connectivity index (χ0v) is 14.5. The SMILES string of the molecule is O=C(NCc1noc([C@H]2CCCO2)n1)c1cc(-c2ccc(Cl)cc2)n[nH]1. The summed E-state index contributed by atoms with van der Waals surface area (Å²) in [5, 5.41) is 14.1. The van der Waals surface area contributed by atoms with Crippen LogP contribution >= 0.6 is 11.6 Å². The van der Waals surface area contributed by atoms with Crippen molar-refractivity contribution in [2.45, 2.75) is 25.5 Å². The number of aromatic amines is 1. The Morgan fingerprint density at radius 3 is 2.96 bits per heavy atom. The van der Waals surface area contributed by atoms with Crippen LogP contribution in [0.1, 0.15) is 41.1 Å². The molecule has 0 spiro atoms. The molecule has 134 valence electrons. The molecule has 0 bridgehead atoms. The van der Waals surface area contributed by atoms with Gasteiger partial charge in [0.1, 0.15) is 11.8 Å². The second kappa shape index (κ2) is 7.27. The van der Waals surface area contributed by atoms with E-state index >= 15 is 0 Å². The number of hydrogen-bond acceptors (Lipinski definition) is 6. The highest BCUT2D eigenvalue weighted by atomic mass is 35.5. The van der Waals surface area contributed by atoms with Crippen LogP contribution < -0.4 is 5.32 Å². The Labute approximate surface area is 153 Å². The van der Waals surface area contributed by atoms with Crippen molar-refractivity contribution in [2.24, 2.45) is 0 Å². The summed E-state index contributed by atoms with van der Waals surface area (Å²) in [5.41, 5.74) is 1.87. The summed E-state index contributed by atoms with van der Waals surface area (Å²) >= 11 is 5.88. The molecule has 1 amide bonds. The molecule has 3 heterocycles. The fraction of sp³-hybridized carbons (Fsp3) is 0.294. The number of nitrogens with one attached hydrogen (secondary N) is 2. The lowest BCUT2D eigenvalue weighted by molar-refractivity contribution is 0.0835. The van der Waals surface area contributed by atoms with Gasteiger partial charge in [-0.2, -0.15) is 10.1 Å². The minimum absolute atomic E-state index is 0.138. The van der Waals surface area contributed by atoms with Crippen molar-refractivity contribution in [3.63, 3.8) is 0 Å². The molecule has 3 aromatic rings. The highest BCUT2D eigenvalue weighted by molar-refractivity contribution is 6.30. The zero-order valence-electron chi connectivity index (χ0n) is 13.7. The third kappa shape index (κ3) is 3.61. The van der Waals surface area contributed by atoms with Crippen molar-refractivity contribution in [1.82, 2.24) is 25.7 Å². The van der Waals surface area contributed by atoms with Gasteiger partial charge in [-0.25, -0.2) is 0 Å². The number of benzene rings is 1. The highest BCUT2D eigenvalue weighted by Crippen LogP contribution is 2.26. The first-order chi connectivity index (χ1) is 12.7. The molecule has 9 heteroatoms. The topological polar surface area (TPSA) is 106 Å². The van der Waals surface area contributed by atoms with Crippen LogP contribution in [0.15, 0.2) is 34.9 Å². The Balaban J connectivity index is 1.37. The summed E-state index contributed by atoms with van der Waals surface area (Å²) in [6, 6.07) is 8.89. The van der Waals surface area contributed by atoms with E-state index in [1.54, 1.807) is 18.2 Å². The summed E-state index contributed by atoms with van der Waals surface area (Å²) in [7, 11) is 0. The van der Waals surface area contributed by atoms with Crippen LogP contribution in [0.3, 0.4) is 0 Å². The zero-order chi connectivity index (χ0) is 17.9. The van der Waals surface area contributed by atoms with E-state index in [0.717, 1.165) is 18.4 Å². The van der Waals surface area contributed by atoms with Gasteiger partial charge >= 0.3 is 0 Å². The van der Waals surface area contributed by atoms with Gasteiger partial charge in [0.15, 0.2) is 5.82 Å². The number of ether oxygens (including phenoxy) is 1. The van der Waals surface area contributed by atoms with Gasteiger partial charge in [-0.1, -0.05) is 28.9 Å². The molecule has 2 aromatic heterocycles. The maximum absolute atomic E-state index is 12.3. The van der Waals surface area contributed by atoms with Gasteiger partial charge in [-0.15, -0.1) is 0 Å². The van der Waals surface area contributed by atoms with Crippen LogP contribution in [0.4, 0.5) is 0 Å². The second-order valence-corrected chi connectivity index (χ2v) is 6.34. The van der Waals surface area contributed by atoms with Crippen molar-refractivity contribution in [1.29, 1.82) is 0 Å². The molecule has 8 nitrogen and oxygen atoms in total. The van der Waals surface area contributed by atoms with Crippen LogP contribution in [-0.4, -0.2) is 32.9 Å². The Bertz CT molecular complexity index is 899. The van der Waals surface area contributed by atoms with Crippen molar-refractivity contribution in [3.8, 4) is 11.3 Å². The maximum atomic E-state index is 12.3. The van der Waals surface area contributed by atoms with Gasteiger partial charge in [0, 0.05) is 17.2 Å². The summed E-state index contributed by atoms with van der Waals surface area (Å²) in [5.74, 6) is 0.556. The van der Waals surface area contributed by atoms with Crippen molar-refractivity contribution in [2.75, 3.05) is 6.61 Å². The van der Waals surface area contributed by atoms with Gasteiger partial charge in [0.05, 0.1) is 12.2 Å². The van der Waals surface area contributed by atoms with Gasteiger partial charge in [0.25, 0.3) is 11.8 Å². The first-order valence-corrected chi connectivity index (χ1v) is 8.60. The van der Waals surface area contributed by atoms with Crippen molar-refractivity contribution >= 4 is 17.5 Å². The third-order valence-corrected chi connectivity index (χ3v) is 4.31. The van der Waals surface area contributed by atoms with E-state index in [4.69, 9.17) is 20.9 Å². The number of aromatic nitrogens is 4. The molecule has 0 radical (unpaired) electrons. The molecule has 4 rings (SSSR count). The van der Waals surface area contributed by atoms with Crippen LogP contribution in [0, 0.1) is 0 Å². The van der Waals surface area contributed by atoms with Crippen LogP contribution in [-0.2, 0) is 11.3 Å². The lowest BCUT2D eigenvalue weighted by Gasteiger charge is -2.01. The molecule has 2 N–H and O–H groups in total. The molecule has 1 fully saturated rings. The lowest BCUT2D eigenvalue weighted by Crippen LogP contribution is -2.23. The molecule has 1 saturated heterocycles. The Hall–Kier alpha value is -2.71. The first-order valence-electron chi connectivity index (χ1n) is 8.22. The summed E-state index contributed by atoms with van der Waals surface area (Å²) < 4.78 is 10.7. The number of H-pyrrole nitrogens is 1. The predicted octanol–water partition coefficient (Wildman–Crippen LogP) is 2.89. The van der Waals surface area contributed by atoms with E-state index in [2.05, 4.69) is 25.7 Å². The normalized spacial score (nSPS) is 16.7. The molecule has 1 aromatic carbocycles. The number of nitrogens with zero attached hydrogens (tertiary/aromatic N) is 3. The number of amides is 1. The largest absolute Gasteiger partial charge is 0.368 e. The van der Waals surface area contributed by atoms with Gasteiger partial charge in [0.2, 0.25) is 0 Å². The molecular formula is C17H16ClN5O3. The van der Waals surface area contributed by atoms with E-state index in [1.165, 1.54) is 0 Å². The van der Waals surface area contributed by atoms with Gasteiger partial charge in [-0.05, 0) is 31.0 Å². The molecule has 1 atom stereocenters. The monoisotopic (exact) mass is 373 g/mol. The molecule has 0 saturated carbocycles. The fourth-order valence-electron chi connectivity index (χ4n) is 2.70.